The number of azide groups is 1. The van der Waals surface area contributed by atoms with Gasteiger partial charge in [0.05, 0.1) is 12.3 Å². The molecule has 188 valence electrons. The molecule has 0 aromatic carbocycles. The monoisotopic (exact) mass is 547 g/mol. The second-order valence-corrected chi connectivity index (χ2v) is 11.0. The Morgan fingerprint density at radius 2 is 1.88 bits per heavy atom. The molecule has 0 aliphatic carbocycles. The third-order valence-corrected chi connectivity index (χ3v) is 8.08. The fourth-order valence-electron chi connectivity index (χ4n) is 3.00. The van der Waals surface area contributed by atoms with E-state index in [0.717, 1.165) is 6.33 Å². The molecule has 8 N–H and O–H groups in total. The summed E-state index contributed by atoms with van der Waals surface area (Å²) < 4.78 is 52.4. The van der Waals surface area contributed by atoms with Crippen LogP contribution in [-0.2, 0) is 31.6 Å². The number of fused-ring (bicyclic) bond motifs is 1. The molecule has 1 aliphatic heterocycles. The van der Waals surface area contributed by atoms with E-state index in [1.54, 1.807) is 0 Å². The second-order valence-electron chi connectivity index (χ2n) is 6.57. The van der Waals surface area contributed by atoms with E-state index >= 15 is 0 Å². The highest BCUT2D eigenvalue weighted by atomic mass is 31.3. The first kappa shape index (κ1) is 26.6. The van der Waals surface area contributed by atoms with Gasteiger partial charge >= 0.3 is 23.5 Å². The molecule has 0 spiro atoms. The summed E-state index contributed by atoms with van der Waals surface area (Å²) in [5.74, 6) is 0.0586. The summed E-state index contributed by atoms with van der Waals surface area (Å²) in [5.41, 5.74) is 12.4. The Morgan fingerprint density at radius 1 is 1.21 bits per heavy atom. The number of nitrogen functional groups attached to an aromatic ring is 1. The molecule has 0 bridgehead atoms. The Hall–Kier alpha value is -1.98. The van der Waals surface area contributed by atoms with Crippen molar-refractivity contribution in [3.8, 4) is 0 Å². The first-order valence-electron chi connectivity index (χ1n) is 8.56. The van der Waals surface area contributed by atoms with Crippen LogP contribution in [0.3, 0.4) is 0 Å². The first-order valence-corrected chi connectivity index (χ1v) is 13.1. The van der Waals surface area contributed by atoms with Crippen molar-refractivity contribution in [3.63, 3.8) is 0 Å². The van der Waals surface area contributed by atoms with Crippen LogP contribution in [0, 0.1) is 0 Å². The largest absolute Gasteiger partial charge is 0.490 e. The molecule has 1 saturated heterocycles. The van der Waals surface area contributed by atoms with Crippen LogP contribution in [0.5, 0.6) is 0 Å². The van der Waals surface area contributed by atoms with Crippen molar-refractivity contribution in [2.75, 3.05) is 12.3 Å². The highest BCUT2D eigenvalue weighted by molar-refractivity contribution is 7.66. The lowest BCUT2D eigenvalue weighted by molar-refractivity contribution is -0.106. The summed E-state index contributed by atoms with van der Waals surface area (Å²) in [5, 5.41) is 28.1. The van der Waals surface area contributed by atoms with Gasteiger partial charge in [-0.25, -0.2) is 23.2 Å². The summed E-state index contributed by atoms with van der Waals surface area (Å²) in [6, 6.07) is 2.84. The summed E-state index contributed by atoms with van der Waals surface area (Å²) in [6.07, 6.45) is -4.31. The normalized spacial score (nSPS) is 28.8. The summed E-state index contributed by atoms with van der Waals surface area (Å²) in [4.78, 5) is 42.2. The molecule has 2 aromatic rings. The Balaban J connectivity index is 1.86. The molecule has 3 unspecified atom stereocenters. The highest BCUT2D eigenvalue weighted by Gasteiger charge is 2.56. The number of phosphoric acid groups is 3. The Bertz CT molecular complexity index is 1280. The molecule has 0 saturated carbocycles. The Morgan fingerprint density at radius 3 is 2.50 bits per heavy atom. The predicted molar refractivity (Wildman–Crippen MR) is 105 cm³/mol. The van der Waals surface area contributed by atoms with Crippen molar-refractivity contribution in [1.29, 1.82) is 0 Å². The summed E-state index contributed by atoms with van der Waals surface area (Å²) in [7, 11) is -17.1. The molecular weight excluding hydrogens is 531 g/mol. The predicted octanol–water partition coefficient (Wildman–Crippen LogP) is -0.546. The van der Waals surface area contributed by atoms with Crippen molar-refractivity contribution < 1.29 is 61.4 Å². The number of aliphatic hydroxyl groups excluding tert-OH is 2. The number of aliphatic hydroxyl groups is 2. The van der Waals surface area contributed by atoms with Gasteiger partial charge in [-0.05, 0) is 17.7 Å². The van der Waals surface area contributed by atoms with Gasteiger partial charge in [0.25, 0.3) is 0 Å². The Kier molecular flexibility index (Phi) is 7.23. The van der Waals surface area contributed by atoms with E-state index in [9.17, 15) is 33.7 Å². The van der Waals surface area contributed by atoms with Gasteiger partial charge in [0.2, 0.25) is 0 Å². The number of ether oxygens (including phenoxy) is 1. The zero-order valence-corrected chi connectivity index (χ0v) is 19.0. The number of hydrogen-bond donors (Lipinski definition) is 7. The van der Waals surface area contributed by atoms with Crippen LogP contribution >= 0.6 is 23.5 Å². The van der Waals surface area contributed by atoms with Crippen molar-refractivity contribution in [2.45, 2.75) is 24.0 Å². The van der Waals surface area contributed by atoms with Gasteiger partial charge in [-0.15, -0.1) is 0 Å². The van der Waals surface area contributed by atoms with Crippen molar-refractivity contribution in [1.82, 2.24) is 14.6 Å². The SMILES string of the molecule is [N-]=[N+]=NC1(COP(=O)(O)OP(=O)(O)OP(=O)(O)O)O[C@@H](c2ccc3c(N)ncnn23)[C@H](O)[C@@H]1O. The minimum absolute atomic E-state index is 0.0586. The van der Waals surface area contributed by atoms with Gasteiger partial charge in [-0.3, -0.25) is 4.52 Å². The molecule has 20 nitrogen and oxygen atoms in total. The molecule has 2 aromatic heterocycles. The Labute approximate surface area is 187 Å². The van der Waals surface area contributed by atoms with Crippen LogP contribution < -0.4 is 5.73 Å². The molecule has 1 aliphatic rings. The zero-order chi connectivity index (χ0) is 25.5. The van der Waals surface area contributed by atoms with Crippen LogP contribution in [0.2, 0.25) is 0 Å². The number of rotatable bonds is 9. The molecule has 0 radical (unpaired) electrons. The molecule has 6 atom stereocenters. The molecule has 23 heteroatoms. The lowest BCUT2D eigenvalue weighted by Crippen LogP contribution is -2.44. The van der Waals surface area contributed by atoms with E-state index in [4.69, 9.17) is 25.8 Å². The lowest BCUT2D eigenvalue weighted by atomic mass is 10.0. The van der Waals surface area contributed by atoms with Crippen molar-refractivity contribution in [3.05, 3.63) is 34.6 Å². The fourth-order valence-corrected chi connectivity index (χ4v) is 6.04. The number of aromatic nitrogens is 3. The van der Waals surface area contributed by atoms with Crippen molar-refractivity contribution >= 4 is 34.8 Å². The maximum Gasteiger partial charge on any atom is 0.490 e. The van der Waals surface area contributed by atoms with Crippen LogP contribution in [0.4, 0.5) is 5.82 Å². The molecule has 3 heterocycles. The minimum atomic E-state index is -5.83. The lowest BCUT2D eigenvalue weighted by Gasteiger charge is -2.27. The summed E-state index contributed by atoms with van der Waals surface area (Å²) in [6.45, 7) is -1.35. The van der Waals surface area contributed by atoms with Crippen LogP contribution in [0.25, 0.3) is 16.0 Å². The molecular formula is C11H16N7O13P3. The minimum Gasteiger partial charge on any atom is -0.387 e. The topological polar surface area (TPSA) is 314 Å². The van der Waals surface area contributed by atoms with Gasteiger partial charge in [0.15, 0.2) is 11.5 Å². The van der Waals surface area contributed by atoms with E-state index in [2.05, 4.69) is 33.3 Å². The van der Waals surface area contributed by atoms with Crippen LogP contribution in [0.15, 0.2) is 23.6 Å². The maximum absolute atomic E-state index is 12.0. The van der Waals surface area contributed by atoms with E-state index < -0.39 is 54.1 Å². The number of anilines is 1. The number of nitrogens with zero attached hydrogens (tertiary/aromatic N) is 6. The standard InChI is InChI=1S/C11H16N7O13P3/c12-10-6-2-1-5(18(6)15-4-14-10)8-7(19)9(20)11(29-8,16-17-13)3-28-33(24,25)31-34(26,27)30-32(21,22)23/h1-2,4,7-9,19-20H,3H2,(H,24,25)(H,26,27)(H2,12,14,15)(H2,21,22,23)/t7-,8-,9-,11?/m0/s1. The maximum atomic E-state index is 12.0. The average molecular weight is 547 g/mol. The van der Waals surface area contributed by atoms with E-state index in [1.165, 1.54) is 16.6 Å². The van der Waals surface area contributed by atoms with Gasteiger partial charge in [0, 0.05) is 4.91 Å². The van der Waals surface area contributed by atoms with Gasteiger partial charge in [-0.1, -0.05) is 5.11 Å². The number of nitrogens with two attached hydrogens (primary N) is 1. The quantitative estimate of drug-likeness (QED) is 0.0896. The third-order valence-electron chi connectivity index (χ3n) is 4.29. The number of hydrogen-bond acceptors (Lipinski definition) is 13. The average Bonchev–Trinajstić information content (AvgIpc) is 3.20. The van der Waals surface area contributed by atoms with Gasteiger partial charge < -0.3 is 40.3 Å². The fraction of sp³-hybridized carbons (Fsp3) is 0.455. The van der Waals surface area contributed by atoms with Crippen LogP contribution in [0.1, 0.15) is 11.8 Å². The number of phosphoric ester groups is 1. The first-order chi connectivity index (χ1) is 15.6. The molecule has 0 amide bonds. The molecule has 34 heavy (non-hydrogen) atoms. The third kappa shape index (κ3) is 5.63. The molecule has 1 fully saturated rings. The van der Waals surface area contributed by atoms with Crippen LogP contribution in [-0.4, -0.2) is 68.9 Å². The van der Waals surface area contributed by atoms with E-state index in [1.807, 2.05) is 0 Å². The van der Waals surface area contributed by atoms with Gasteiger partial charge in [0.1, 0.15) is 30.2 Å². The highest BCUT2D eigenvalue weighted by Crippen LogP contribution is 2.66. The zero-order valence-electron chi connectivity index (χ0n) is 16.3. The second kappa shape index (κ2) is 9.23. The van der Waals surface area contributed by atoms with Gasteiger partial charge in [-0.2, -0.15) is 13.7 Å². The van der Waals surface area contributed by atoms with Crippen molar-refractivity contribution in [2.24, 2.45) is 5.11 Å². The molecule has 3 rings (SSSR count). The smallest absolute Gasteiger partial charge is 0.387 e. The summed E-state index contributed by atoms with van der Waals surface area (Å²) >= 11 is 0. The van der Waals surface area contributed by atoms with E-state index in [0.29, 0.717) is 0 Å². The van der Waals surface area contributed by atoms with E-state index in [-0.39, 0.29) is 17.0 Å².